The van der Waals surface area contributed by atoms with E-state index >= 15 is 0 Å². The van der Waals surface area contributed by atoms with E-state index in [0.717, 1.165) is 52.0 Å². The summed E-state index contributed by atoms with van der Waals surface area (Å²) >= 11 is 0. The normalized spacial score (nSPS) is 28.5. The van der Waals surface area contributed by atoms with E-state index in [1.807, 2.05) is 0 Å². The molecule has 2 atom stereocenters. The van der Waals surface area contributed by atoms with Gasteiger partial charge in [-0.1, -0.05) is 13.8 Å². The smallest absolute Gasteiger partial charge is 0.320 e. The molecule has 1 N–H and O–H groups in total. The zero-order chi connectivity index (χ0) is 13.7. The van der Waals surface area contributed by atoms with Crippen LogP contribution in [0.4, 0.5) is 4.79 Å². The van der Waals surface area contributed by atoms with Crippen molar-refractivity contribution in [3.63, 3.8) is 0 Å². The van der Waals surface area contributed by atoms with Crippen LogP contribution in [0.3, 0.4) is 0 Å². The van der Waals surface area contributed by atoms with Crippen LogP contribution >= 0.6 is 0 Å². The Balaban J connectivity index is 1.84. The topological polar surface area (TPSA) is 35.6 Å². The number of rotatable bonds is 3. The van der Waals surface area contributed by atoms with E-state index in [1.165, 1.54) is 12.8 Å². The summed E-state index contributed by atoms with van der Waals surface area (Å²) in [6.45, 7) is 9.23. The molecule has 2 unspecified atom stereocenters. The van der Waals surface area contributed by atoms with Crippen LogP contribution in [0.1, 0.15) is 46.0 Å². The lowest BCUT2D eigenvalue weighted by atomic mass is 10.0. The van der Waals surface area contributed by atoms with Crippen molar-refractivity contribution >= 4 is 6.03 Å². The number of nitrogens with one attached hydrogen (secondary N) is 1. The average Bonchev–Trinajstić information content (AvgIpc) is 2.44. The molecule has 0 aromatic rings. The summed E-state index contributed by atoms with van der Waals surface area (Å²) in [7, 11) is 0. The second kappa shape index (κ2) is 7.13. The number of piperidine rings is 2. The molecule has 0 aliphatic carbocycles. The summed E-state index contributed by atoms with van der Waals surface area (Å²) < 4.78 is 0. The van der Waals surface area contributed by atoms with Crippen LogP contribution in [0, 0.1) is 5.92 Å². The number of nitrogens with zero attached hydrogens (tertiary/aromatic N) is 2. The van der Waals surface area contributed by atoms with Crippen molar-refractivity contribution in [1.82, 2.24) is 15.1 Å². The standard InChI is InChI=1S/C15H29N3O/c1-3-8-16-14-7-5-10-18(12-14)15(19)17-9-4-6-13(2)11-17/h13-14,16H,3-12H2,1-2H3. The maximum absolute atomic E-state index is 12.5. The lowest BCUT2D eigenvalue weighted by molar-refractivity contribution is 0.116. The fraction of sp³-hybridized carbons (Fsp3) is 0.933. The van der Waals surface area contributed by atoms with Crippen molar-refractivity contribution in [2.45, 2.75) is 52.0 Å². The van der Waals surface area contributed by atoms with Crippen LogP contribution < -0.4 is 5.32 Å². The van der Waals surface area contributed by atoms with Crippen molar-refractivity contribution < 1.29 is 4.79 Å². The summed E-state index contributed by atoms with van der Waals surface area (Å²) in [5, 5.41) is 3.56. The van der Waals surface area contributed by atoms with Gasteiger partial charge in [0.15, 0.2) is 0 Å². The molecule has 0 aromatic heterocycles. The van der Waals surface area contributed by atoms with Crippen molar-refractivity contribution in [3.8, 4) is 0 Å². The molecule has 2 aliphatic rings. The number of urea groups is 1. The number of carbonyl (C=O) groups excluding carboxylic acids is 1. The van der Waals surface area contributed by atoms with Gasteiger partial charge in [-0.25, -0.2) is 4.79 Å². The number of likely N-dealkylation sites (tertiary alicyclic amines) is 2. The maximum Gasteiger partial charge on any atom is 0.320 e. The zero-order valence-corrected chi connectivity index (χ0v) is 12.5. The minimum Gasteiger partial charge on any atom is -0.324 e. The highest BCUT2D eigenvalue weighted by Crippen LogP contribution is 2.19. The highest BCUT2D eigenvalue weighted by Gasteiger charge is 2.28. The molecule has 19 heavy (non-hydrogen) atoms. The van der Waals surface area contributed by atoms with Gasteiger partial charge in [0, 0.05) is 32.2 Å². The number of carbonyl (C=O) groups is 1. The molecule has 2 heterocycles. The molecule has 2 aliphatic heterocycles. The van der Waals surface area contributed by atoms with Gasteiger partial charge in [0.05, 0.1) is 0 Å². The minimum atomic E-state index is 0.273. The van der Waals surface area contributed by atoms with Gasteiger partial charge in [0.2, 0.25) is 0 Å². The van der Waals surface area contributed by atoms with E-state index < -0.39 is 0 Å². The summed E-state index contributed by atoms with van der Waals surface area (Å²) in [5.74, 6) is 0.663. The van der Waals surface area contributed by atoms with Gasteiger partial charge in [-0.3, -0.25) is 0 Å². The first-order valence-electron chi connectivity index (χ1n) is 7.98. The highest BCUT2D eigenvalue weighted by atomic mass is 16.2. The van der Waals surface area contributed by atoms with Crippen LogP contribution in [-0.2, 0) is 0 Å². The second-order valence-corrected chi connectivity index (χ2v) is 6.22. The van der Waals surface area contributed by atoms with E-state index in [1.54, 1.807) is 0 Å². The number of hydrogen-bond donors (Lipinski definition) is 1. The molecule has 4 heteroatoms. The SMILES string of the molecule is CCCNC1CCCN(C(=O)N2CCCC(C)C2)C1. The third kappa shape index (κ3) is 4.10. The third-order valence-electron chi connectivity index (χ3n) is 4.30. The fourth-order valence-electron chi connectivity index (χ4n) is 3.23. The predicted octanol–water partition coefficient (Wildman–Crippen LogP) is 2.30. The molecule has 2 fully saturated rings. The van der Waals surface area contributed by atoms with E-state index in [-0.39, 0.29) is 6.03 Å². The van der Waals surface area contributed by atoms with Gasteiger partial charge in [-0.15, -0.1) is 0 Å². The van der Waals surface area contributed by atoms with Gasteiger partial charge < -0.3 is 15.1 Å². The Morgan fingerprint density at radius 3 is 2.53 bits per heavy atom. The average molecular weight is 267 g/mol. The largest absolute Gasteiger partial charge is 0.324 e. The van der Waals surface area contributed by atoms with Crippen LogP contribution in [0.15, 0.2) is 0 Å². The Morgan fingerprint density at radius 2 is 1.84 bits per heavy atom. The molecule has 2 amide bonds. The maximum atomic E-state index is 12.5. The van der Waals surface area contributed by atoms with Crippen molar-refractivity contribution in [2.24, 2.45) is 5.92 Å². The van der Waals surface area contributed by atoms with E-state index in [0.29, 0.717) is 12.0 Å². The molecule has 2 rings (SSSR count). The molecule has 0 spiro atoms. The van der Waals surface area contributed by atoms with Crippen molar-refractivity contribution in [3.05, 3.63) is 0 Å². The van der Waals surface area contributed by atoms with Gasteiger partial charge in [0.1, 0.15) is 0 Å². The second-order valence-electron chi connectivity index (χ2n) is 6.22. The summed E-state index contributed by atoms with van der Waals surface area (Å²) in [5.41, 5.74) is 0. The van der Waals surface area contributed by atoms with Crippen LogP contribution in [0.2, 0.25) is 0 Å². The Bertz CT molecular complexity index is 295. The molecule has 0 bridgehead atoms. The van der Waals surface area contributed by atoms with Gasteiger partial charge in [-0.05, 0) is 44.6 Å². The molecule has 4 nitrogen and oxygen atoms in total. The van der Waals surface area contributed by atoms with Gasteiger partial charge >= 0.3 is 6.03 Å². The van der Waals surface area contributed by atoms with Crippen molar-refractivity contribution in [1.29, 1.82) is 0 Å². The molecule has 0 radical (unpaired) electrons. The predicted molar refractivity (Wildman–Crippen MR) is 78.3 cm³/mol. The van der Waals surface area contributed by atoms with E-state index in [2.05, 4.69) is 29.0 Å². The van der Waals surface area contributed by atoms with Gasteiger partial charge in [0.25, 0.3) is 0 Å². The molecule has 110 valence electrons. The first-order chi connectivity index (χ1) is 9.20. The van der Waals surface area contributed by atoms with Crippen LogP contribution in [0.5, 0.6) is 0 Å². The Kier molecular flexibility index (Phi) is 5.49. The lowest BCUT2D eigenvalue weighted by Gasteiger charge is -2.39. The zero-order valence-electron chi connectivity index (χ0n) is 12.5. The molecular formula is C15H29N3O. The van der Waals surface area contributed by atoms with E-state index in [4.69, 9.17) is 0 Å². The Labute approximate surface area is 117 Å². The van der Waals surface area contributed by atoms with Crippen LogP contribution in [0.25, 0.3) is 0 Å². The van der Waals surface area contributed by atoms with Crippen molar-refractivity contribution in [2.75, 3.05) is 32.7 Å². The minimum absolute atomic E-state index is 0.273. The first kappa shape index (κ1) is 14.6. The first-order valence-corrected chi connectivity index (χ1v) is 7.98. The summed E-state index contributed by atoms with van der Waals surface area (Å²) in [4.78, 5) is 16.7. The van der Waals surface area contributed by atoms with Crippen LogP contribution in [-0.4, -0.2) is 54.6 Å². The highest BCUT2D eigenvalue weighted by molar-refractivity contribution is 5.74. The molecular weight excluding hydrogens is 238 g/mol. The molecule has 2 saturated heterocycles. The Hall–Kier alpha value is -0.770. The lowest BCUT2D eigenvalue weighted by Crippen LogP contribution is -2.53. The van der Waals surface area contributed by atoms with Gasteiger partial charge in [-0.2, -0.15) is 0 Å². The molecule has 0 aromatic carbocycles. The number of hydrogen-bond acceptors (Lipinski definition) is 2. The Morgan fingerprint density at radius 1 is 1.16 bits per heavy atom. The summed E-state index contributed by atoms with van der Waals surface area (Å²) in [6.07, 6.45) is 5.94. The van der Waals surface area contributed by atoms with E-state index in [9.17, 15) is 4.79 Å². The summed E-state index contributed by atoms with van der Waals surface area (Å²) in [6, 6.07) is 0.773. The fourth-order valence-corrected chi connectivity index (χ4v) is 3.23. The molecule has 0 saturated carbocycles. The monoisotopic (exact) mass is 267 g/mol. The third-order valence-corrected chi connectivity index (χ3v) is 4.30. The quantitative estimate of drug-likeness (QED) is 0.851. The number of amides is 2.